The zero-order chi connectivity index (χ0) is 22.2. The summed E-state index contributed by atoms with van der Waals surface area (Å²) in [6.07, 6.45) is 8.27. The number of amides is 1. The van der Waals surface area contributed by atoms with Gasteiger partial charge in [-0.05, 0) is 37.1 Å². The number of carbonyl (C=O) groups is 1. The highest BCUT2D eigenvalue weighted by Crippen LogP contribution is 2.28. The van der Waals surface area contributed by atoms with Gasteiger partial charge < -0.3 is 15.0 Å². The molecule has 1 N–H and O–H groups in total. The first-order valence-corrected chi connectivity index (χ1v) is 12.0. The number of hydrogen-bond donors (Lipinski definition) is 1. The molecule has 172 valence electrons. The van der Waals surface area contributed by atoms with Gasteiger partial charge in [0.1, 0.15) is 5.75 Å². The van der Waals surface area contributed by atoms with Crippen LogP contribution in [0.25, 0.3) is 0 Å². The Morgan fingerprint density at radius 2 is 1.81 bits per heavy atom. The number of nitrogens with zero attached hydrogens (tertiary/aromatic N) is 3. The van der Waals surface area contributed by atoms with Crippen LogP contribution in [0.3, 0.4) is 0 Å². The Balaban J connectivity index is 1.36. The van der Waals surface area contributed by atoms with Gasteiger partial charge in [-0.2, -0.15) is 0 Å². The quantitative estimate of drug-likeness (QED) is 0.686. The van der Waals surface area contributed by atoms with E-state index in [1.165, 1.54) is 19.3 Å². The maximum Gasteiger partial charge on any atom is 0.223 e. The van der Waals surface area contributed by atoms with E-state index in [0.717, 1.165) is 69.1 Å². The second-order valence-electron chi connectivity index (χ2n) is 9.03. The maximum absolute atomic E-state index is 13.0. The summed E-state index contributed by atoms with van der Waals surface area (Å²) in [6.45, 7) is 4.70. The number of aromatic nitrogens is 1. The molecule has 1 saturated carbocycles. The molecule has 0 bridgehead atoms. The first kappa shape index (κ1) is 22.6. The van der Waals surface area contributed by atoms with Gasteiger partial charge in [0.2, 0.25) is 5.91 Å². The highest BCUT2D eigenvalue weighted by Gasteiger charge is 2.26. The molecule has 1 aliphatic heterocycles. The Morgan fingerprint density at radius 3 is 2.53 bits per heavy atom. The van der Waals surface area contributed by atoms with Gasteiger partial charge >= 0.3 is 0 Å². The standard InChI is InChI=1S/C26H36N4O2/c1-32-25-13-6-5-12-24(25)30-17-15-29(16-18-30)20-23(19-22-11-7-8-14-27-22)28-26(31)21-9-3-2-4-10-21/h5-8,11-14,21,23H,2-4,9-10,15-20H2,1H3,(H,28,31). The fraction of sp³-hybridized carbons (Fsp3) is 0.538. The molecule has 4 rings (SSSR count). The Morgan fingerprint density at radius 1 is 1.06 bits per heavy atom. The summed E-state index contributed by atoms with van der Waals surface area (Å²) >= 11 is 0. The minimum atomic E-state index is 0.0807. The van der Waals surface area contributed by atoms with E-state index >= 15 is 0 Å². The summed E-state index contributed by atoms with van der Waals surface area (Å²) in [5, 5.41) is 3.39. The highest BCUT2D eigenvalue weighted by atomic mass is 16.5. The van der Waals surface area contributed by atoms with E-state index in [4.69, 9.17) is 4.74 Å². The molecule has 1 amide bonds. The number of rotatable bonds is 8. The Bertz CT molecular complexity index is 846. The van der Waals surface area contributed by atoms with Crippen LogP contribution in [0.4, 0.5) is 5.69 Å². The third-order valence-corrected chi connectivity index (χ3v) is 6.78. The number of nitrogens with one attached hydrogen (secondary N) is 1. The predicted octanol–water partition coefficient (Wildman–Crippen LogP) is 3.52. The van der Waals surface area contributed by atoms with E-state index < -0.39 is 0 Å². The van der Waals surface area contributed by atoms with Crippen molar-refractivity contribution in [1.29, 1.82) is 0 Å². The number of para-hydroxylation sites is 2. The number of ether oxygens (including phenoxy) is 1. The number of methoxy groups -OCH3 is 1. The molecule has 0 radical (unpaired) electrons. The van der Waals surface area contributed by atoms with Crippen LogP contribution >= 0.6 is 0 Å². The SMILES string of the molecule is COc1ccccc1N1CCN(CC(Cc2ccccn2)NC(=O)C2CCCCC2)CC1. The largest absolute Gasteiger partial charge is 0.495 e. The van der Waals surface area contributed by atoms with Gasteiger partial charge in [0.25, 0.3) is 0 Å². The first-order chi connectivity index (χ1) is 15.7. The first-order valence-electron chi connectivity index (χ1n) is 12.0. The van der Waals surface area contributed by atoms with Crippen molar-refractivity contribution in [3.63, 3.8) is 0 Å². The molecule has 1 aliphatic carbocycles. The van der Waals surface area contributed by atoms with Crippen LogP contribution in [0.15, 0.2) is 48.7 Å². The molecular formula is C26H36N4O2. The van der Waals surface area contributed by atoms with Gasteiger partial charge in [-0.1, -0.05) is 37.5 Å². The van der Waals surface area contributed by atoms with E-state index in [0.29, 0.717) is 0 Å². The lowest BCUT2D eigenvalue weighted by atomic mass is 9.88. The topological polar surface area (TPSA) is 57.7 Å². The van der Waals surface area contributed by atoms with Gasteiger partial charge in [-0.3, -0.25) is 14.7 Å². The van der Waals surface area contributed by atoms with Crippen molar-refractivity contribution >= 4 is 11.6 Å². The smallest absolute Gasteiger partial charge is 0.223 e. The van der Waals surface area contributed by atoms with E-state index in [2.05, 4.69) is 38.3 Å². The van der Waals surface area contributed by atoms with Crippen molar-refractivity contribution in [1.82, 2.24) is 15.2 Å². The third-order valence-electron chi connectivity index (χ3n) is 6.78. The molecule has 1 aromatic carbocycles. The lowest BCUT2D eigenvalue weighted by Crippen LogP contribution is -2.53. The maximum atomic E-state index is 13.0. The third kappa shape index (κ3) is 6.00. The zero-order valence-electron chi connectivity index (χ0n) is 19.2. The molecular weight excluding hydrogens is 400 g/mol. The lowest BCUT2D eigenvalue weighted by molar-refractivity contribution is -0.126. The molecule has 6 nitrogen and oxygen atoms in total. The molecule has 0 spiro atoms. The Labute approximate surface area is 192 Å². The van der Waals surface area contributed by atoms with Crippen molar-refractivity contribution in [2.24, 2.45) is 5.92 Å². The monoisotopic (exact) mass is 436 g/mol. The molecule has 32 heavy (non-hydrogen) atoms. The van der Waals surface area contributed by atoms with Crippen molar-refractivity contribution in [3.05, 3.63) is 54.4 Å². The van der Waals surface area contributed by atoms with Gasteiger partial charge in [0.05, 0.1) is 12.8 Å². The van der Waals surface area contributed by atoms with E-state index in [-0.39, 0.29) is 17.9 Å². The van der Waals surface area contributed by atoms with Gasteiger partial charge in [-0.25, -0.2) is 0 Å². The number of hydrogen-bond acceptors (Lipinski definition) is 5. The van der Waals surface area contributed by atoms with Crippen LogP contribution in [0.2, 0.25) is 0 Å². The fourth-order valence-electron chi connectivity index (χ4n) is 4.99. The summed E-state index contributed by atoms with van der Waals surface area (Å²) in [4.78, 5) is 22.4. The van der Waals surface area contributed by atoms with Crippen LogP contribution in [0.1, 0.15) is 37.8 Å². The Kier molecular flexibility index (Phi) is 7.99. The van der Waals surface area contributed by atoms with E-state index in [9.17, 15) is 4.79 Å². The van der Waals surface area contributed by atoms with Crippen molar-refractivity contribution in [3.8, 4) is 5.75 Å². The van der Waals surface area contributed by atoms with Crippen molar-refractivity contribution in [2.75, 3.05) is 44.7 Å². The summed E-state index contributed by atoms with van der Waals surface area (Å²) < 4.78 is 5.55. The van der Waals surface area contributed by atoms with Gasteiger partial charge in [0.15, 0.2) is 0 Å². The minimum Gasteiger partial charge on any atom is -0.495 e. The number of piperazine rings is 1. The number of pyridine rings is 1. The minimum absolute atomic E-state index is 0.0807. The summed E-state index contributed by atoms with van der Waals surface area (Å²) in [7, 11) is 1.73. The molecule has 6 heteroatoms. The van der Waals surface area contributed by atoms with E-state index in [1.807, 2.05) is 30.5 Å². The molecule has 1 atom stereocenters. The molecule has 2 aromatic rings. The number of benzene rings is 1. The second-order valence-corrected chi connectivity index (χ2v) is 9.03. The van der Waals surface area contributed by atoms with Crippen LogP contribution in [-0.4, -0.2) is 61.7 Å². The molecule has 2 fully saturated rings. The zero-order valence-corrected chi connectivity index (χ0v) is 19.2. The molecule has 2 heterocycles. The Hall–Kier alpha value is -2.60. The summed E-state index contributed by atoms with van der Waals surface area (Å²) in [5.74, 6) is 1.34. The summed E-state index contributed by atoms with van der Waals surface area (Å²) in [5.41, 5.74) is 2.19. The van der Waals surface area contributed by atoms with Crippen molar-refractivity contribution in [2.45, 2.75) is 44.6 Å². The van der Waals surface area contributed by atoms with Gasteiger partial charge in [-0.15, -0.1) is 0 Å². The fourth-order valence-corrected chi connectivity index (χ4v) is 4.99. The molecule has 1 unspecified atom stereocenters. The highest BCUT2D eigenvalue weighted by molar-refractivity contribution is 5.79. The normalized spacial score (nSPS) is 18.8. The van der Waals surface area contributed by atoms with Crippen LogP contribution in [0, 0.1) is 5.92 Å². The van der Waals surface area contributed by atoms with Crippen LogP contribution in [0.5, 0.6) is 5.75 Å². The van der Waals surface area contributed by atoms with Crippen LogP contribution in [-0.2, 0) is 11.2 Å². The second kappa shape index (κ2) is 11.3. The average molecular weight is 437 g/mol. The van der Waals surface area contributed by atoms with Crippen molar-refractivity contribution < 1.29 is 9.53 Å². The molecule has 1 saturated heterocycles. The number of anilines is 1. The van der Waals surface area contributed by atoms with Crippen LogP contribution < -0.4 is 15.0 Å². The van der Waals surface area contributed by atoms with E-state index in [1.54, 1.807) is 7.11 Å². The number of carbonyl (C=O) groups excluding carboxylic acids is 1. The predicted molar refractivity (Wildman–Crippen MR) is 128 cm³/mol. The molecule has 2 aliphatic rings. The average Bonchev–Trinajstić information content (AvgIpc) is 2.85. The molecule has 1 aromatic heterocycles. The van der Waals surface area contributed by atoms with Gasteiger partial charge in [0, 0.05) is 63.0 Å². The summed E-state index contributed by atoms with van der Waals surface area (Å²) in [6, 6.07) is 14.3. The lowest BCUT2D eigenvalue weighted by Gasteiger charge is -2.38.